The third kappa shape index (κ3) is 6.83. The molecule has 2 aromatic heterocycles. The van der Waals surface area contributed by atoms with E-state index in [2.05, 4.69) is 28.6 Å². The largest absolute Gasteiger partial charge is 0.493 e. The number of rotatable bonds is 13. The Morgan fingerprint density at radius 3 is 2.50 bits per heavy atom. The number of aliphatic imine (C=N–C) groups is 1. The van der Waals surface area contributed by atoms with Gasteiger partial charge in [0.25, 0.3) is 0 Å². The third-order valence-corrected chi connectivity index (χ3v) is 6.62. The van der Waals surface area contributed by atoms with Gasteiger partial charge in [-0.05, 0) is 43.0 Å². The summed E-state index contributed by atoms with van der Waals surface area (Å²) < 4.78 is 17.3. The summed E-state index contributed by atoms with van der Waals surface area (Å²) in [7, 11) is 1.35. The van der Waals surface area contributed by atoms with Gasteiger partial charge in [0.05, 0.1) is 25.6 Å². The van der Waals surface area contributed by atoms with Crippen LogP contribution in [0.1, 0.15) is 61.2 Å². The number of aromatic nitrogens is 4. The number of esters is 1. The quantitative estimate of drug-likeness (QED) is 0.118. The summed E-state index contributed by atoms with van der Waals surface area (Å²) in [4.78, 5) is 36.5. The standard InChI is InChI=1S/C32H35N5O5/c1-6-9-14-27-34-28(21(4)33-19-24(7-2)41-8-3)29(31(38)40-5)37(27)20-22-15-17-23(18-16-22)25-12-10-11-13-26(25)30-35-32(39)42-36-30/h7,10-13,15-19H,4,6,8-9,14,20H2,1-3,5H3,(H,35,36,39)/b24-7+,33-19?. The van der Waals surface area contributed by atoms with Gasteiger partial charge in [-0.3, -0.25) is 14.5 Å². The number of nitrogens with zero attached hydrogens (tertiary/aromatic N) is 4. The molecule has 2 heterocycles. The van der Waals surface area contributed by atoms with Gasteiger partial charge >= 0.3 is 11.7 Å². The number of allylic oxidation sites excluding steroid dienone is 2. The van der Waals surface area contributed by atoms with Crippen molar-refractivity contribution in [1.82, 2.24) is 19.7 Å². The molecule has 0 fully saturated rings. The molecular weight excluding hydrogens is 534 g/mol. The number of benzene rings is 2. The lowest BCUT2D eigenvalue weighted by Gasteiger charge is -2.13. The van der Waals surface area contributed by atoms with Gasteiger partial charge in [-0.25, -0.2) is 14.6 Å². The predicted molar refractivity (Wildman–Crippen MR) is 162 cm³/mol. The molecule has 0 spiro atoms. The maximum Gasteiger partial charge on any atom is 0.439 e. The minimum absolute atomic E-state index is 0.300. The Bertz CT molecular complexity index is 1660. The Kier molecular flexibility index (Phi) is 10.0. The van der Waals surface area contributed by atoms with Crippen LogP contribution in [-0.4, -0.2) is 45.6 Å². The van der Waals surface area contributed by atoms with Gasteiger partial charge in [-0.1, -0.05) is 73.6 Å². The zero-order valence-corrected chi connectivity index (χ0v) is 24.3. The summed E-state index contributed by atoms with van der Waals surface area (Å²) in [6, 6.07) is 15.6. The van der Waals surface area contributed by atoms with Crippen LogP contribution in [-0.2, 0) is 22.4 Å². The van der Waals surface area contributed by atoms with Gasteiger partial charge in [0.15, 0.2) is 11.5 Å². The molecule has 0 radical (unpaired) electrons. The molecule has 0 bridgehead atoms. The van der Waals surface area contributed by atoms with Crippen molar-refractivity contribution in [3.05, 3.63) is 100 Å². The molecular formula is C32H35N5O5. The molecule has 0 aliphatic rings. The molecule has 10 heteroatoms. The number of nitrogens with one attached hydrogen (secondary N) is 1. The first-order valence-corrected chi connectivity index (χ1v) is 13.8. The molecule has 0 atom stereocenters. The first-order chi connectivity index (χ1) is 20.4. The normalized spacial score (nSPS) is 11.7. The van der Waals surface area contributed by atoms with E-state index >= 15 is 0 Å². The van der Waals surface area contributed by atoms with Crippen LogP contribution in [0.4, 0.5) is 0 Å². The van der Waals surface area contributed by atoms with Crippen LogP contribution in [0.2, 0.25) is 0 Å². The summed E-state index contributed by atoms with van der Waals surface area (Å²) in [6.45, 7) is 10.9. The number of carbonyl (C=O) groups excluding carboxylic acids is 1. The molecule has 0 aliphatic heterocycles. The maximum absolute atomic E-state index is 13.1. The SMILES string of the molecule is C=C(N=C/C(=C\C)OCC)c1nc(CCCC)n(Cc2ccc(-c3ccccc3-c3noc(=O)[nH]3)cc2)c1C(=O)OC. The molecule has 42 heavy (non-hydrogen) atoms. The number of imidazole rings is 1. The van der Waals surface area contributed by atoms with Crippen LogP contribution in [0.5, 0.6) is 0 Å². The number of aryl methyl sites for hydroxylation is 1. The number of methoxy groups -OCH3 is 1. The van der Waals surface area contributed by atoms with Crippen molar-refractivity contribution in [2.24, 2.45) is 4.99 Å². The highest BCUT2D eigenvalue weighted by atomic mass is 16.5. The Hall–Kier alpha value is -4.99. The number of hydrogen-bond donors (Lipinski definition) is 1. The monoisotopic (exact) mass is 569 g/mol. The van der Waals surface area contributed by atoms with E-state index in [1.54, 1.807) is 12.3 Å². The fraction of sp³-hybridized carbons (Fsp3) is 0.281. The summed E-state index contributed by atoms with van der Waals surface area (Å²) in [5, 5.41) is 3.84. The van der Waals surface area contributed by atoms with E-state index in [0.717, 1.165) is 40.9 Å². The van der Waals surface area contributed by atoms with Gasteiger partial charge < -0.3 is 14.0 Å². The first-order valence-electron chi connectivity index (χ1n) is 13.8. The molecule has 0 amide bonds. The molecule has 4 rings (SSSR count). The van der Waals surface area contributed by atoms with E-state index in [1.165, 1.54) is 7.11 Å². The van der Waals surface area contributed by atoms with Crippen LogP contribution in [0.15, 0.2) is 81.3 Å². The predicted octanol–water partition coefficient (Wildman–Crippen LogP) is 6.05. The van der Waals surface area contributed by atoms with Crippen molar-refractivity contribution in [1.29, 1.82) is 0 Å². The number of unbranched alkanes of at least 4 members (excludes halogenated alkanes) is 1. The summed E-state index contributed by atoms with van der Waals surface area (Å²) in [5.41, 5.74) is 4.54. The lowest BCUT2D eigenvalue weighted by atomic mass is 9.98. The van der Waals surface area contributed by atoms with Gasteiger partial charge in [-0.2, -0.15) is 0 Å². The average Bonchev–Trinajstić information content (AvgIpc) is 3.61. The third-order valence-electron chi connectivity index (χ3n) is 6.62. The lowest BCUT2D eigenvalue weighted by Crippen LogP contribution is -2.15. The number of ether oxygens (including phenoxy) is 2. The first kappa shape index (κ1) is 30.0. The molecule has 2 aromatic carbocycles. The topological polar surface area (TPSA) is 125 Å². The van der Waals surface area contributed by atoms with Gasteiger partial charge in [-0.15, -0.1) is 0 Å². The minimum atomic E-state index is -0.611. The van der Waals surface area contributed by atoms with E-state index in [4.69, 9.17) is 19.0 Å². The fourth-order valence-electron chi connectivity index (χ4n) is 4.52. The highest BCUT2D eigenvalue weighted by Crippen LogP contribution is 2.30. The average molecular weight is 570 g/mol. The van der Waals surface area contributed by atoms with Crippen molar-refractivity contribution >= 4 is 17.9 Å². The molecule has 0 saturated carbocycles. The zero-order valence-electron chi connectivity index (χ0n) is 24.3. The van der Waals surface area contributed by atoms with Crippen LogP contribution < -0.4 is 5.76 Å². The number of hydrogen-bond acceptors (Lipinski definition) is 8. The van der Waals surface area contributed by atoms with E-state index in [1.807, 2.05) is 66.9 Å². The Balaban J connectivity index is 1.70. The molecule has 218 valence electrons. The van der Waals surface area contributed by atoms with Crippen LogP contribution in [0.25, 0.3) is 28.2 Å². The molecule has 1 N–H and O–H groups in total. The van der Waals surface area contributed by atoms with Crippen molar-refractivity contribution in [2.75, 3.05) is 13.7 Å². The van der Waals surface area contributed by atoms with Crippen LogP contribution in [0, 0.1) is 0 Å². The number of aromatic amines is 1. The van der Waals surface area contributed by atoms with E-state index in [9.17, 15) is 9.59 Å². The van der Waals surface area contributed by atoms with Crippen molar-refractivity contribution < 1.29 is 18.8 Å². The van der Waals surface area contributed by atoms with E-state index in [0.29, 0.717) is 48.2 Å². The van der Waals surface area contributed by atoms with Crippen LogP contribution >= 0.6 is 0 Å². The molecule has 0 aliphatic carbocycles. The van der Waals surface area contributed by atoms with Gasteiger partial charge in [0.2, 0.25) is 0 Å². The second kappa shape index (κ2) is 14.1. The van der Waals surface area contributed by atoms with Crippen LogP contribution in [0.3, 0.4) is 0 Å². The zero-order chi connectivity index (χ0) is 30.1. The van der Waals surface area contributed by atoms with E-state index in [-0.39, 0.29) is 0 Å². The van der Waals surface area contributed by atoms with Gasteiger partial charge in [0, 0.05) is 18.5 Å². The summed E-state index contributed by atoms with van der Waals surface area (Å²) in [5.74, 6) is 0.587. The molecule has 10 nitrogen and oxygen atoms in total. The summed E-state index contributed by atoms with van der Waals surface area (Å²) >= 11 is 0. The smallest absolute Gasteiger partial charge is 0.439 e. The van der Waals surface area contributed by atoms with E-state index < -0.39 is 11.7 Å². The van der Waals surface area contributed by atoms with Crippen molar-refractivity contribution in [2.45, 2.75) is 46.6 Å². The Morgan fingerprint density at radius 1 is 1.14 bits per heavy atom. The highest BCUT2D eigenvalue weighted by Gasteiger charge is 2.25. The molecule has 4 aromatic rings. The fourth-order valence-corrected chi connectivity index (χ4v) is 4.52. The summed E-state index contributed by atoms with van der Waals surface area (Å²) in [6.07, 6.45) is 5.93. The van der Waals surface area contributed by atoms with Crippen molar-refractivity contribution in [3.63, 3.8) is 0 Å². The minimum Gasteiger partial charge on any atom is -0.493 e. The second-order valence-electron chi connectivity index (χ2n) is 9.42. The lowest BCUT2D eigenvalue weighted by molar-refractivity contribution is 0.0588. The Labute approximate surface area is 244 Å². The van der Waals surface area contributed by atoms with Gasteiger partial charge in [0.1, 0.15) is 17.3 Å². The second-order valence-corrected chi connectivity index (χ2v) is 9.42. The Morgan fingerprint density at radius 2 is 1.88 bits per heavy atom. The maximum atomic E-state index is 13.1. The van der Waals surface area contributed by atoms with Crippen molar-refractivity contribution in [3.8, 4) is 22.5 Å². The number of H-pyrrole nitrogens is 1. The highest BCUT2D eigenvalue weighted by molar-refractivity contribution is 5.94. The number of carbonyl (C=O) groups is 1. The molecule has 0 unspecified atom stereocenters. The molecule has 0 saturated heterocycles.